The highest BCUT2D eigenvalue weighted by atomic mass is 16.5. The second-order valence-corrected chi connectivity index (χ2v) is 7.96. The van der Waals surface area contributed by atoms with Crippen LogP contribution in [0.3, 0.4) is 0 Å². The summed E-state index contributed by atoms with van der Waals surface area (Å²) in [6, 6.07) is 13.1. The molecule has 0 saturated carbocycles. The Morgan fingerprint density at radius 3 is 2.67 bits per heavy atom. The van der Waals surface area contributed by atoms with Crippen molar-refractivity contribution in [3.05, 3.63) is 66.2 Å². The van der Waals surface area contributed by atoms with Crippen LogP contribution < -0.4 is 10.1 Å². The van der Waals surface area contributed by atoms with Crippen molar-refractivity contribution in [2.24, 2.45) is 0 Å². The normalized spacial score (nSPS) is 14.1. The van der Waals surface area contributed by atoms with Gasteiger partial charge in [-0.25, -0.2) is 9.97 Å². The Bertz CT molecular complexity index is 1220. The fraction of sp³-hybridized carbons (Fsp3) is 0.320. The number of oxazole rings is 1. The summed E-state index contributed by atoms with van der Waals surface area (Å²) in [7, 11) is 0. The summed E-state index contributed by atoms with van der Waals surface area (Å²) in [6.45, 7) is 6.29. The molecular formula is C25H28N4O4. The summed E-state index contributed by atoms with van der Waals surface area (Å²) < 4.78 is 11.7. The molecule has 2 aromatic carbocycles. The molecule has 0 unspecified atom stereocenters. The molecule has 4 aromatic rings. The van der Waals surface area contributed by atoms with Crippen molar-refractivity contribution in [2.45, 2.75) is 45.3 Å². The number of aromatic amines is 1. The highest BCUT2D eigenvalue weighted by molar-refractivity contribution is 5.93. The molecule has 0 bridgehead atoms. The Labute approximate surface area is 192 Å². The highest BCUT2D eigenvalue weighted by Gasteiger charge is 2.40. The van der Waals surface area contributed by atoms with E-state index in [0.717, 1.165) is 17.7 Å². The van der Waals surface area contributed by atoms with Gasteiger partial charge in [-0.2, -0.15) is 0 Å². The summed E-state index contributed by atoms with van der Waals surface area (Å²) in [6.07, 6.45) is 3.37. The van der Waals surface area contributed by atoms with Crippen molar-refractivity contribution in [3.63, 3.8) is 0 Å². The second kappa shape index (κ2) is 9.46. The maximum absolute atomic E-state index is 12.9. The number of ether oxygens (including phenoxy) is 1. The summed E-state index contributed by atoms with van der Waals surface area (Å²) in [5.74, 6) is 0.881. The largest absolute Gasteiger partial charge is 0.494 e. The molecule has 1 amide bonds. The van der Waals surface area contributed by atoms with Crippen molar-refractivity contribution in [2.75, 3.05) is 6.61 Å². The van der Waals surface area contributed by atoms with Crippen LogP contribution in [0, 0.1) is 0 Å². The molecule has 2 atom stereocenters. The summed E-state index contributed by atoms with van der Waals surface area (Å²) in [5, 5.41) is 13.8. The molecular weight excluding hydrogens is 420 g/mol. The molecule has 0 aliphatic rings. The number of nitrogens with zero attached hydrogens (tertiary/aromatic N) is 2. The summed E-state index contributed by atoms with van der Waals surface area (Å²) in [5.41, 5.74) is 1.89. The number of aliphatic hydroxyl groups is 1. The van der Waals surface area contributed by atoms with Gasteiger partial charge in [0.05, 0.1) is 30.8 Å². The fourth-order valence-corrected chi connectivity index (χ4v) is 3.97. The number of para-hydroxylation sites is 1. The molecule has 0 saturated heterocycles. The molecule has 33 heavy (non-hydrogen) atoms. The Balaban J connectivity index is 1.74. The molecule has 0 aliphatic carbocycles. The molecule has 0 spiro atoms. The van der Waals surface area contributed by atoms with Crippen LogP contribution in [0.1, 0.15) is 49.7 Å². The monoisotopic (exact) mass is 448 g/mol. The van der Waals surface area contributed by atoms with Gasteiger partial charge in [0.25, 0.3) is 5.91 Å². The number of amides is 1. The molecule has 172 valence electrons. The van der Waals surface area contributed by atoms with Crippen LogP contribution in [0.25, 0.3) is 22.6 Å². The van der Waals surface area contributed by atoms with Crippen LogP contribution in [0.15, 0.2) is 59.4 Å². The van der Waals surface area contributed by atoms with Crippen LogP contribution in [-0.2, 0) is 5.54 Å². The van der Waals surface area contributed by atoms with Gasteiger partial charge < -0.3 is 24.6 Å². The van der Waals surface area contributed by atoms with Crippen LogP contribution in [0.5, 0.6) is 5.75 Å². The molecule has 8 nitrogen and oxygen atoms in total. The van der Waals surface area contributed by atoms with E-state index in [9.17, 15) is 9.90 Å². The first-order chi connectivity index (χ1) is 16.0. The number of aliphatic hydroxyl groups excluding tert-OH is 1. The van der Waals surface area contributed by atoms with Crippen LogP contribution in [-0.4, -0.2) is 38.7 Å². The average molecular weight is 449 g/mol. The third-order valence-electron chi connectivity index (χ3n) is 5.82. The van der Waals surface area contributed by atoms with Gasteiger partial charge in [0.15, 0.2) is 5.58 Å². The molecule has 8 heteroatoms. The number of benzene rings is 2. The first kappa shape index (κ1) is 22.5. The average Bonchev–Trinajstić information content (AvgIpc) is 3.51. The van der Waals surface area contributed by atoms with Gasteiger partial charge in [0.1, 0.15) is 17.0 Å². The summed E-state index contributed by atoms with van der Waals surface area (Å²) in [4.78, 5) is 24.3. The SMILES string of the molecule is CCCOc1ccc(-c2nc3c([C@@](CC)(NC(=O)c4cnc[nH]4)[C@H](C)O)cccc3o2)cc1. The first-order valence-corrected chi connectivity index (χ1v) is 11.1. The quantitative estimate of drug-likeness (QED) is 0.349. The number of hydrogen-bond donors (Lipinski definition) is 3. The number of fused-ring (bicyclic) bond motifs is 1. The number of carbonyl (C=O) groups excluding carboxylic acids is 1. The lowest BCUT2D eigenvalue weighted by Crippen LogP contribution is -2.53. The Kier molecular flexibility index (Phi) is 6.46. The second-order valence-electron chi connectivity index (χ2n) is 7.96. The van der Waals surface area contributed by atoms with E-state index in [4.69, 9.17) is 14.1 Å². The standard InChI is InChI=1S/C25H28N4O4/c1-4-13-32-18-11-9-17(10-12-18)24-28-22-19(7-6-8-21(22)33-24)25(5-2,16(3)30)29-23(31)20-14-26-15-27-20/h6-12,14-16,30H,4-5,13H2,1-3H3,(H,26,27)(H,29,31)/t16-,25-/m0/s1. The van der Waals surface area contributed by atoms with Crippen molar-refractivity contribution < 1.29 is 19.1 Å². The third kappa shape index (κ3) is 4.34. The number of carbonyl (C=O) groups is 1. The van der Waals surface area contributed by atoms with Crippen molar-refractivity contribution in [1.29, 1.82) is 0 Å². The van der Waals surface area contributed by atoms with E-state index in [2.05, 4.69) is 22.2 Å². The first-order valence-electron chi connectivity index (χ1n) is 11.1. The number of hydrogen-bond acceptors (Lipinski definition) is 6. The molecule has 0 radical (unpaired) electrons. The van der Waals surface area contributed by atoms with Gasteiger partial charge in [0.2, 0.25) is 5.89 Å². The van der Waals surface area contributed by atoms with E-state index in [-0.39, 0.29) is 5.91 Å². The topological polar surface area (TPSA) is 113 Å². The van der Waals surface area contributed by atoms with Crippen LogP contribution in [0.4, 0.5) is 0 Å². The van der Waals surface area contributed by atoms with E-state index >= 15 is 0 Å². The molecule has 0 aliphatic heterocycles. The third-order valence-corrected chi connectivity index (χ3v) is 5.82. The van der Waals surface area contributed by atoms with Crippen LogP contribution in [0.2, 0.25) is 0 Å². The van der Waals surface area contributed by atoms with Crippen molar-refractivity contribution in [3.8, 4) is 17.2 Å². The minimum Gasteiger partial charge on any atom is -0.494 e. The van der Waals surface area contributed by atoms with E-state index in [1.165, 1.54) is 12.5 Å². The maximum Gasteiger partial charge on any atom is 0.270 e. The molecule has 3 N–H and O–H groups in total. The fourth-order valence-electron chi connectivity index (χ4n) is 3.97. The Morgan fingerprint density at radius 1 is 1.24 bits per heavy atom. The van der Waals surface area contributed by atoms with Crippen molar-refractivity contribution in [1.82, 2.24) is 20.3 Å². The number of imidazole rings is 1. The van der Waals surface area contributed by atoms with E-state index in [0.29, 0.717) is 41.3 Å². The van der Waals surface area contributed by atoms with Crippen LogP contribution >= 0.6 is 0 Å². The number of nitrogens with one attached hydrogen (secondary N) is 2. The number of H-pyrrole nitrogens is 1. The maximum atomic E-state index is 12.9. The lowest BCUT2D eigenvalue weighted by atomic mass is 9.81. The molecule has 4 rings (SSSR count). The van der Waals surface area contributed by atoms with E-state index in [1.807, 2.05) is 49.4 Å². The predicted octanol–water partition coefficient (Wildman–Crippen LogP) is 4.42. The number of aromatic nitrogens is 3. The zero-order valence-corrected chi connectivity index (χ0v) is 19.0. The molecule has 2 heterocycles. The van der Waals surface area contributed by atoms with Gasteiger partial charge in [-0.05, 0) is 50.1 Å². The van der Waals surface area contributed by atoms with Gasteiger partial charge in [-0.3, -0.25) is 4.79 Å². The smallest absolute Gasteiger partial charge is 0.270 e. The zero-order chi connectivity index (χ0) is 23.4. The highest BCUT2D eigenvalue weighted by Crippen LogP contribution is 2.36. The van der Waals surface area contributed by atoms with Gasteiger partial charge in [0, 0.05) is 11.1 Å². The predicted molar refractivity (Wildman–Crippen MR) is 125 cm³/mol. The lowest BCUT2D eigenvalue weighted by Gasteiger charge is -2.37. The Morgan fingerprint density at radius 2 is 2.03 bits per heavy atom. The van der Waals surface area contributed by atoms with E-state index in [1.54, 1.807) is 6.92 Å². The van der Waals surface area contributed by atoms with Gasteiger partial charge in [-0.1, -0.05) is 26.0 Å². The van der Waals surface area contributed by atoms with Gasteiger partial charge >= 0.3 is 0 Å². The Hall–Kier alpha value is -3.65. The van der Waals surface area contributed by atoms with E-state index < -0.39 is 11.6 Å². The summed E-state index contributed by atoms with van der Waals surface area (Å²) >= 11 is 0. The lowest BCUT2D eigenvalue weighted by molar-refractivity contribution is 0.0555. The minimum absolute atomic E-state index is 0.312. The number of rotatable bonds is 9. The molecule has 2 aromatic heterocycles. The minimum atomic E-state index is -1.08. The van der Waals surface area contributed by atoms with Crippen molar-refractivity contribution >= 4 is 17.0 Å². The zero-order valence-electron chi connectivity index (χ0n) is 19.0. The molecule has 0 fully saturated rings. The van der Waals surface area contributed by atoms with Gasteiger partial charge in [-0.15, -0.1) is 0 Å².